The van der Waals surface area contributed by atoms with Crippen LogP contribution in [0.2, 0.25) is 0 Å². The van der Waals surface area contributed by atoms with Crippen molar-refractivity contribution >= 4 is 11.7 Å². The van der Waals surface area contributed by atoms with Gasteiger partial charge in [0.15, 0.2) is 17.5 Å². The molecule has 1 unspecified atom stereocenters. The first-order valence-electron chi connectivity index (χ1n) is 5.80. The van der Waals surface area contributed by atoms with Gasteiger partial charge in [-0.3, -0.25) is 4.79 Å². The highest BCUT2D eigenvalue weighted by Gasteiger charge is 2.18. The Balaban J connectivity index is 2.85. The zero-order valence-electron chi connectivity index (χ0n) is 10.7. The molecule has 1 amide bonds. The monoisotopic (exact) mass is 289 g/mol. The SMILES string of the molecule is CCC(CC(N)=NO)NC(=O)c1cc(F)c(F)c(F)c1. The highest BCUT2D eigenvalue weighted by atomic mass is 19.2. The van der Waals surface area contributed by atoms with Gasteiger partial charge in [0, 0.05) is 18.0 Å². The maximum atomic E-state index is 13.0. The third-order valence-corrected chi connectivity index (χ3v) is 2.66. The Hall–Kier alpha value is -2.25. The number of benzene rings is 1. The minimum Gasteiger partial charge on any atom is -0.409 e. The molecule has 0 saturated carbocycles. The van der Waals surface area contributed by atoms with Crippen LogP contribution in [0.1, 0.15) is 30.1 Å². The number of amidine groups is 1. The van der Waals surface area contributed by atoms with Crippen LogP contribution in [0.15, 0.2) is 17.3 Å². The van der Waals surface area contributed by atoms with E-state index in [2.05, 4.69) is 10.5 Å². The number of carbonyl (C=O) groups is 1. The number of nitrogens with one attached hydrogen (secondary N) is 1. The van der Waals surface area contributed by atoms with E-state index in [0.29, 0.717) is 18.6 Å². The molecule has 0 bridgehead atoms. The molecule has 110 valence electrons. The van der Waals surface area contributed by atoms with E-state index in [1.165, 1.54) is 0 Å². The van der Waals surface area contributed by atoms with Gasteiger partial charge in [0.25, 0.3) is 5.91 Å². The molecule has 20 heavy (non-hydrogen) atoms. The molecule has 8 heteroatoms. The lowest BCUT2D eigenvalue weighted by Crippen LogP contribution is -2.37. The van der Waals surface area contributed by atoms with E-state index in [4.69, 9.17) is 10.9 Å². The second-order valence-electron chi connectivity index (χ2n) is 4.13. The molecule has 0 spiro atoms. The molecule has 4 N–H and O–H groups in total. The summed E-state index contributed by atoms with van der Waals surface area (Å²) < 4.78 is 38.8. The van der Waals surface area contributed by atoms with Gasteiger partial charge in [0.05, 0.1) is 0 Å². The number of nitrogens with two attached hydrogens (primary N) is 1. The van der Waals surface area contributed by atoms with Crippen molar-refractivity contribution in [3.05, 3.63) is 35.1 Å². The molecule has 1 atom stereocenters. The standard InChI is InChI=1S/C12H14F3N3O2/c1-2-7(5-10(16)18-20)17-12(19)6-3-8(13)11(15)9(14)4-6/h3-4,7,20H,2,5H2,1H3,(H2,16,18)(H,17,19). The molecule has 1 aromatic rings. The van der Waals surface area contributed by atoms with Crippen molar-refractivity contribution in [1.82, 2.24) is 5.32 Å². The van der Waals surface area contributed by atoms with E-state index < -0.39 is 29.4 Å². The molecular formula is C12H14F3N3O2. The second kappa shape index (κ2) is 6.78. The predicted molar refractivity (Wildman–Crippen MR) is 65.9 cm³/mol. The number of rotatable bonds is 5. The Labute approximate surface area is 113 Å². The first kappa shape index (κ1) is 15.8. The molecule has 0 radical (unpaired) electrons. The molecule has 5 nitrogen and oxygen atoms in total. The highest BCUT2D eigenvalue weighted by molar-refractivity contribution is 5.94. The number of hydrogen-bond acceptors (Lipinski definition) is 3. The predicted octanol–water partition coefficient (Wildman–Crippen LogP) is 1.75. The fourth-order valence-electron chi connectivity index (χ4n) is 1.55. The van der Waals surface area contributed by atoms with Crippen LogP contribution in [0, 0.1) is 17.5 Å². The Morgan fingerprint density at radius 2 is 1.95 bits per heavy atom. The topological polar surface area (TPSA) is 87.7 Å². The summed E-state index contributed by atoms with van der Waals surface area (Å²) in [6, 6.07) is 0.725. The van der Waals surface area contributed by atoms with Gasteiger partial charge in [0.2, 0.25) is 0 Å². The minimum atomic E-state index is -1.63. The zero-order chi connectivity index (χ0) is 15.3. The number of nitrogens with zero attached hydrogens (tertiary/aromatic N) is 1. The summed E-state index contributed by atoms with van der Waals surface area (Å²) in [6.45, 7) is 1.74. The average molecular weight is 289 g/mol. The van der Waals surface area contributed by atoms with E-state index in [1.54, 1.807) is 6.92 Å². The molecule has 0 fully saturated rings. The van der Waals surface area contributed by atoms with Gasteiger partial charge in [-0.2, -0.15) is 0 Å². The first-order chi connectivity index (χ1) is 9.38. The van der Waals surface area contributed by atoms with E-state index >= 15 is 0 Å². The minimum absolute atomic E-state index is 0.0743. The smallest absolute Gasteiger partial charge is 0.251 e. The van der Waals surface area contributed by atoms with Crippen LogP contribution in [0.4, 0.5) is 13.2 Å². The van der Waals surface area contributed by atoms with E-state index in [0.717, 1.165) is 0 Å². The van der Waals surface area contributed by atoms with Crippen molar-refractivity contribution in [2.75, 3.05) is 0 Å². The summed E-state index contributed by atoms with van der Waals surface area (Å²) >= 11 is 0. The van der Waals surface area contributed by atoms with E-state index in [1.807, 2.05) is 0 Å². The number of amides is 1. The van der Waals surface area contributed by atoms with Crippen LogP contribution in [0.25, 0.3) is 0 Å². The van der Waals surface area contributed by atoms with Crippen molar-refractivity contribution in [3.63, 3.8) is 0 Å². The molecule has 0 aliphatic rings. The van der Waals surface area contributed by atoms with Crippen LogP contribution in [-0.2, 0) is 0 Å². The van der Waals surface area contributed by atoms with Crippen LogP contribution in [0.3, 0.4) is 0 Å². The van der Waals surface area contributed by atoms with Gasteiger partial charge in [-0.25, -0.2) is 13.2 Å². The quantitative estimate of drug-likeness (QED) is 0.254. The normalized spacial score (nSPS) is 13.1. The fraction of sp³-hybridized carbons (Fsp3) is 0.333. The Morgan fingerprint density at radius 3 is 2.40 bits per heavy atom. The van der Waals surface area contributed by atoms with Crippen molar-refractivity contribution in [3.8, 4) is 0 Å². The van der Waals surface area contributed by atoms with Gasteiger partial charge in [-0.1, -0.05) is 12.1 Å². The fourth-order valence-corrected chi connectivity index (χ4v) is 1.55. The number of halogens is 3. The Kier molecular flexibility index (Phi) is 5.36. The largest absolute Gasteiger partial charge is 0.409 e. The van der Waals surface area contributed by atoms with Crippen LogP contribution < -0.4 is 11.1 Å². The summed E-state index contributed by atoms with van der Waals surface area (Å²) in [4.78, 5) is 11.8. The Morgan fingerprint density at radius 1 is 1.40 bits per heavy atom. The number of hydrogen-bond donors (Lipinski definition) is 3. The van der Waals surface area contributed by atoms with Gasteiger partial charge in [-0.15, -0.1) is 0 Å². The van der Waals surface area contributed by atoms with Gasteiger partial charge < -0.3 is 16.3 Å². The molecular weight excluding hydrogens is 275 g/mol. The molecule has 0 aliphatic heterocycles. The molecule has 1 rings (SSSR count). The third kappa shape index (κ3) is 3.87. The number of oxime groups is 1. The van der Waals surface area contributed by atoms with Crippen molar-refractivity contribution in [2.45, 2.75) is 25.8 Å². The van der Waals surface area contributed by atoms with E-state index in [9.17, 15) is 18.0 Å². The van der Waals surface area contributed by atoms with Crippen molar-refractivity contribution in [1.29, 1.82) is 0 Å². The zero-order valence-corrected chi connectivity index (χ0v) is 10.7. The lowest BCUT2D eigenvalue weighted by molar-refractivity contribution is 0.0935. The maximum Gasteiger partial charge on any atom is 0.251 e. The summed E-state index contributed by atoms with van der Waals surface area (Å²) in [6.07, 6.45) is 0.527. The summed E-state index contributed by atoms with van der Waals surface area (Å²) in [5.41, 5.74) is 4.96. The Bertz CT molecular complexity index is 512. The molecule has 0 saturated heterocycles. The molecule has 0 heterocycles. The summed E-state index contributed by atoms with van der Waals surface area (Å²) in [7, 11) is 0. The van der Waals surface area contributed by atoms with Crippen LogP contribution in [-0.4, -0.2) is 23.0 Å². The molecule has 0 aliphatic carbocycles. The lowest BCUT2D eigenvalue weighted by Gasteiger charge is -2.16. The van der Waals surface area contributed by atoms with Crippen LogP contribution >= 0.6 is 0 Å². The highest BCUT2D eigenvalue weighted by Crippen LogP contribution is 2.14. The number of carbonyl (C=O) groups excluding carboxylic acids is 1. The molecule has 0 aromatic heterocycles. The molecule has 1 aromatic carbocycles. The first-order valence-corrected chi connectivity index (χ1v) is 5.80. The average Bonchev–Trinajstić information content (AvgIpc) is 2.42. The maximum absolute atomic E-state index is 13.0. The second-order valence-corrected chi connectivity index (χ2v) is 4.13. The van der Waals surface area contributed by atoms with Crippen LogP contribution in [0.5, 0.6) is 0 Å². The van der Waals surface area contributed by atoms with Gasteiger partial charge in [-0.05, 0) is 18.6 Å². The van der Waals surface area contributed by atoms with Crippen molar-refractivity contribution in [2.24, 2.45) is 10.9 Å². The summed E-state index contributed by atoms with van der Waals surface area (Å²) in [5, 5.41) is 13.7. The van der Waals surface area contributed by atoms with Gasteiger partial charge in [0.1, 0.15) is 5.84 Å². The van der Waals surface area contributed by atoms with E-state index in [-0.39, 0.29) is 17.8 Å². The summed E-state index contributed by atoms with van der Waals surface area (Å²) in [5.74, 6) is -5.39. The third-order valence-electron chi connectivity index (χ3n) is 2.66. The van der Waals surface area contributed by atoms with Gasteiger partial charge >= 0.3 is 0 Å². The van der Waals surface area contributed by atoms with Crippen molar-refractivity contribution < 1.29 is 23.2 Å². The lowest BCUT2D eigenvalue weighted by atomic mass is 10.1.